The molecule has 39 heavy (non-hydrogen) atoms. The first-order chi connectivity index (χ1) is 19.0. The van der Waals surface area contributed by atoms with Gasteiger partial charge in [-0.3, -0.25) is 4.79 Å². The SMILES string of the molecule is O=C1NCCN(S(=O)(=O)c2ccccc2)[C@@H]1Cc1cn([C@H]2CCCc3cc(CNC4CCCC4)ccc32)nn1. The molecule has 1 saturated heterocycles. The summed E-state index contributed by atoms with van der Waals surface area (Å²) in [4.78, 5) is 13.0. The molecule has 2 aromatic carbocycles. The van der Waals surface area contributed by atoms with Crippen molar-refractivity contribution in [1.29, 1.82) is 0 Å². The number of carbonyl (C=O) groups is 1. The molecule has 9 nitrogen and oxygen atoms in total. The van der Waals surface area contributed by atoms with Gasteiger partial charge in [-0.15, -0.1) is 5.10 Å². The molecule has 2 N–H and O–H groups in total. The molecule has 3 aliphatic rings. The number of carbonyl (C=O) groups excluding carboxylic acids is 1. The molecule has 10 heteroatoms. The van der Waals surface area contributed by atoms with E-state index in [1.165, 1.54) is 46.7 Å². The van der Waals surface area contributed by atoms with Gasteiger partial charge in [0.1, 0.15) is 6.04 Å². The third-order valence-electron chi connectivity index (χ3n) is 8.35. The summed E-state index contributed by atoms with van der Waals surface area (Å²) in [5.41, 5.74) is 4.56. The lowest BCUT2D eigenvalue weighted by Crippen LogP contribution is -2.57. The maximum Gasteiger partial charge on any atom is 0.243 e. The van der Waals surface area contributed by atoms with Gasteiger partial charge in [0, 0.05) is 38.3 Å². The van der Waals surface area contributed by atoms with Gasteiger partial charge < -0.3 is 10.6 Å². The second-order valence-corrected chi connectivity index (χ2v) is 12.8. The second-order valence-electron chi connectivity index (χ2n) is 10.9. The molecule has 1 amide bonds. The third-order valence-corrected chi connectivity index (χ3v) is 10.3. The fourth-order valence-electron chi connectivity index (χ4n) is 6.28. The Hall–Kier alpha value is -3.08. The zero-order chi connectivity index (χ0) is 26.8. The summed E-state index contributed by atoms with van der Waals surface area (Å²) in [6, 6.07) is 14.9. The number of benzene rings is 2. The summed E-state index contributed by atoms with van der Waals surface area (Å²) >= 11 is 0. The molecule has 2 fully saturated rings. The van der Waals surface area contributed by atoms with Crippen molar-refractivity contribution in [2.24, 2.45) is 0 Å². The summed E-state index contributed by atoms with van der Waals surface area (Å²) in [7, 11) is -3.82. The maximum absolute atomic E-state index is 13.4. The van der Waals surface area contributed by atoms with Crippen molar-refractivity contribution in [3.8, 4) is 0 Å². The summed E-state index contributed by atoms with van der Waals surface area (Å²) in [5, 5.41) is 15.3. The fraction of sp³-hybridized carbons (Fsp3) is 0.483. The Kier molecular flexibility index (Phi) is 7.51. The number of aryl methyl sites for hydroxylation is 1. The van der Waals surface area contributed by atoms with Crippen LogP contribution in [0.5, 0.6) is 0 Å². The molecule has 2 aliphatic carbocycles. The number of sulfonamides is 1. The van der Waals surface area contributed by atoms with E-state index >= 15 is 0 Å². The summed E-state index contributed by atoms with van der Waals surface area (Å²) in [6.45, 7) is 1.41. The largest absolute Gasteiger partial charge is 0.353 e. The summed E-state index contributed by atoms with van der Waals surface area (Å²) in [6.07, 6.45) is 10.4. The Morgan fingerprint density at radius 1 is 1.03 bits per heavy atom. The van der Waals surface area contributed by atoms with Crippen LogP contribution in [0.1, 0.15) is 67.0 Å². The minimum absolute atomic E-state index is 0.0798. The van der Waals surface area contributed by atoms with Crippen LogP contribution in [-0.2, 0) is 34.2 Å². The van der Waals surface area contributed by atoms with Gasteiger partial charge in [0.2, 0.25) is 15.9 Å². The minimum atomic E-state index is -3.82. The van der Waals surface area contributed by atoms with Crippen LogP contribution in [0.4, 0.5) is 0 Å². The molecule has 2 heterocycles. The van der Waals surface area contributed by atoms with Crippen molar-refractivity contribution in [2.75, 3.05) is 13.1 Å². The quantitative estimate of drug-likeness (QED) is 0.448. The van der Waals surface area contributed by atoms with Crippen LogP contribution in [0.2, 0.25) is 0 Å². The van der Waals surface area contributed by atoms with Crippen LogP contribution in [0, 0.1) is 0 Å². The lowest BCUT2D eigenvalue weighted by atomic mass is 9.86. The normalized spacial score (nSPS) is 22.5. The average molecular weight is 549 g/mol. The summed E-state index contributed by atoms with van der Waals surface area (Å²) in [5.74, 6) is -0.308. The highest BCUT2D eigenvalue weighted by Crippen LogP contribution is 2.33. The number of nitrogens with one attached hydrogen (secondary N) is 2. The van der Waals surface area contributed by atoms with Crippen LogP contribution in [0.3, 0.4) is 0 Å². The smallest absolute Gasteiger partial charge is 0.243 e. The average Bonchev–Trinajstić information content (AvgIpc) is 3.65. The second kappa shape index (κ2) is 11.2. The van der Waals surface area contributed by atoms with Crippen LogP contribution in [-0.4, -0.2) is 58.8 Å². The number of hydrogen-bond donors (Lipinski definition) is 2. The van der Waals surface area contributed by atoms with Gasteiger partial charge in [-0.05, 0) is 60.9 Å². The zero-order valence-corrected chi connectivity index (χ0v) is 22.9. The molecular weight excluding hydrogens is 512 g/mol. The molecule has 0 unspecified atom stereocenters. The topological polar surface area (TPSA) is 109 Å². The third kappa shape index (κ3) is 5.50. The van der Waals surface area contributed by atoms with Gasteiger partial charge >= 0.3 is 0 Å². The summed E-state index contributed by atoms with van der Waals surface area (Å²) < 4.78 is 29.9. The number of amides is 1. The minimum Gasteiger partial charge on any atom is -0.353 e. The number of aromatic nitrogens is 3. The highest BCUT2D eigenvalue weighted by molar-refractivity contribution is 7.89. The predicted molar refractivity (Wildman–Crippen MR) is 147 cm³/mol. The molecule has 0 spiro atoms. The molecule has 3 aromatic rings. The van der Waals surface area contributed by atoms with E-state index in [9.17, 15) is 13.2 Å². The van der Waals surface area contributed by atoms with E-state index in [1.807, 2.05) is 10.9 Å². The fourth-order valence-corrected chi connectivity index (χ4v) is 7.89. The maximum atomic E-state index is 13.4. The van der Waals surface area contributed by atoms with Crippen LogP contribution in [0.25, 0.3) is 0 Å². The van der Waals surface area contributed by atoms with Gasteiger partial charge in [0.25, 0.3) is 0 Å². The van der Waals surface area contributed by atoms with Crippen molar-refractivity contribution in [2.45, 2.75) is 80.9 Å². The van der Waals surface area contributed by atoms with Crippen molar-refractivity contribution >= 4 is 15.9 Å². The Morgan fingerprint density at radius 2 is 1.85 bits per heavy atom. The van der Waals surface area contributed by atoms with Gasteiger partial charge in [-0.25, -0.2) is 13.1 Å². The lowest BCUT2D eigenvalue weighted by molar-refractivity contribution is -0.126. The van der Waals surface area contributed by atoms with Crippen molar-refractivity contribution in [3.63, 3.8) is 0 Å². The molecular formula is C29H36N6O3S. The van der Waals surface area contributed by atoms with E-state index < -0.39 is 16.1 Å². The van der Waals surface area contributed by atoms with Crippen molar-refractivity contribution in [1.82, 2.24) is 29.9 Å². The molecule has 0 radical (unpaired) electrons. The van der Waals surface area contributed by atoms with E-state index in [-0.39, 0.29) is 36.4 Å². The first kappa shape index (κ1) is 26.2. The Morgan fingerprint density at radius 3 is 2.67 bits per heavy atom. The number of piperazine rings is 1. The van der Waals surface area contributed by atoms with Gasteiger partial charge in [0.05, 0.1) is 16.6 Å². The predicted octanol–water partition coefficient (Wildman–Crippen LogP) is 2.97. The van der Waals surface area contributed by atoms with E-state index in [0.717, 1.165) is 25.8 Å². The first-order valence-corrected chi connectivity index (χ1v) is 15.5. The van der Waals surface area contributed by atoms with Gasteiger partial charge in [-0.1, -0.05) is 54.5 Å². The zero-order valence-electron chi connectivity index (χ0n) is 22.1. The van der Waals surface area contributed by atoms with Crippen molar-refractivity contribution in [3.05, 3.63) is 77.1 Å². The first-order valence-electron chi connectivity index (χ1n) is 14.1. The molecule has 6 rings (SSSR count). The van der Waals surface area contributed by atoms with Gasteiger partial charge in [0.15, 0.2) is 0 Å². The van der Waals surface area contributed by atoms with E-state index in [1.54, 1.807) is 30.3 Å². The van der Waals surface area contributed by atoms with Gasteiger partial charge in [-0.2, -0.15) is 4.31 Å². The molecule has 1 saturated carbocycles. The molecule has 2 atom stereocenters. The number of rotatable bonds is 8. The monoisotopic (exact) mass is 548 g/mol. The Balaban J connectivity index is 1.18. The Labute approximate surface area is 230 Å². The number of nitrogens with zero attached hydrogens (tertiary/aromatic N) is 4. The Bertz CT molecular complexity index is 1420. The molecule has 1 aromatic heterocycles. The number of hydrogen-bond acceptors (Lipinski definition) is 6. The standard InChI is InChI=1S/C29H36N6O3S/c36-29-28(35(16-15-30-29)39(37,38)25-10-2-1-3-11-25)18-24-20-34(33-32-24)27-12-6-7-22-17-21(13-14-26(22)27)19-31-23-8-4-5-9-23/h1-3,10-11,13-14,17,20,23,27-28,31H,4-9,12,15-16,18-19H2,(H,30,36)/t27-,28+/m0/s1. The van der Waals surface area contributed by atoms with E-state index in [0.29, 0.717) is 11.7 Å². The van der Waals surface area contributed by atoms with E-state index in [2.05, 4.69) is 39.1 Å². The van der Waals surface area contributed by atoms with Crippen molar-refractivity contribution < 1.29 is 13.2 Å². The van der Waals surface area contributed by atoms with Crippen LogP contribution in [0.15, 0.2) is 59.6 Å². The van der Waals surface area contributed by atoms with E-state index in [4.69, 9.17) is 0 Å². The number of fused-ring (bicyclic) bond motifs is 1. The highest BCUT2D eigenvalue weighted by Gasteiger charge is 2.39. The lowest BCUT2D eigenvalue weighted by Gasteiger charge is -2.33. The van der Waals surface area contributed by atoms with Crippen LogP contribution >= 0.6 is 0 Å². The molecule has 206 valence electrons. The molecule has 0 bridgehead atoms. The molecule has 1 aliphatic heterocycles. The highest BCUT2D eigenvalue weighted by atomic mass is 32.2. The van der Waals surface area contributed by atoms with Crippen LogP contribution < -0.4 is 10.6 Å².